The summed E-state index contributed by atoms with van der Waals surface area (Å²) in [5, 5.41) is 6.98. The zero-order valence-electron chi connectivity index (χ0n) is 11.3. The molecule has 0 heterocycles. The molecule has 0 aliphatic carbocycles. The van der Waals surface area contributed by atoms with Gasteiger partial charge in [-0.3, -0.25) is 19.2 Å². The second kappa shape index (κ2) is 8.06. The molecule has 0 aromatic rings. The van der Waals surface area contributed by atoms with Gasteiger partial charge in [0.2, 0.25) is 17.7 Å². The van der Waals surface area contributed by atoms with E-state index >= 15 is 0 Å². The molecule has 0 spiro atoms. The molecule has 5 N–H and O–H groups in total. The lowest BCUT2D eigenvalue weighted by Gasteiger charge is -2.20. The number of amides is 4. The Hall–Kier alpha value is -2.12. The van der Waals surface area contributed by atoms with Crippen molar-refractivity contribution in [2.24, 2.45) is 5.73 Å². The lowest BCUT2D eigenvalue weighted by Crippen LogP contribution is -2.59. The molecular weight excluding hydrogens is 252 g/mol. The largest absolute Gasteiger partial charge is 0.368 e. The van der Waals surface area contributed by atoms with Crippen LogP contribution in [0.15, 0.2) is 0 Å². The third kappa shape index (κ3) is 6.39. The maximum Gasteiger partial charge on any atom is 0.264 e. The van der Waals surface area contributed by atoms with Gasteiger partial charge in [-0.05, 0) is 6.92 Å². The minimum Gasteiger partial charge on any atom is -0.368 e. The van der Waals surface area contributed by atoms with E-state index in [4.69, 9.17) is 5.73 Å². The molecule has 0 radical (unpaired) electrons. The van der Waals surface area contributed by atoms with Gasteiger partial charge >= 0.3 is 0 Å². The van der Waals surface area contributed by atoms with Crippen LogP contribution >= 0.6 is 0 Å². The molecule has 8 nitrogen and oxygen atoms in total. The standard InChI is InChI=1S/C11H20N4O4/c1-4-7(16)14-10(15-8(17)5-2)11(19)13-6(3)9(12)18/h6,10H,4-5H2,1-3H3,(H2,12,18)(H,13,19)(H,14,16)(H,15,17)/t6-/m0/s1. The maximum atomic E-state index is 11.8. The second-order valence-electron chi connectivity index (χ2n) is 3.91. The summed E-state index contributed by atoms with van der Waals surface area (Å²) in [5.41, 5.74) is 5.01. The smallest absolute Gasteiger partial charge is 0.264 e. The molecule has 108 valence electrons. The van der Waals surface area contributed by atoms with Crippen LogP contribution in [0, 0.1) is 0 Å². The minimum atomic E-state index is -1.22. The molecular formula is C11H20N4O4. The molecule has 8 heteroatoms. The van der Waals surface area contributed by atoms with Crippen LogP contribution in [0.3, 0.4) is 0 Å². The maximum absolute atomic E-state index is 11.8. The van der Waals surface area contributed by atoms with Gasteiger partial charge in [0.05, 0.1) is 0 Å². The van der Waals surface area contributed by atoms with Crippen molar-refractivity contribution in [3.8, 4) is 0 Å². The van der Waals surface area contributed by atoms with Gasteiger partial charge in [-0.2, -0.15) is 0 Å². The first-order valence-corrected chi connectivity index (χ1v) is 6.00. The lowest BCUT2D eigenvalue weighted by molar-refractivity contribution is -0.134. The number of hydrogen-bond acceptors (Lipinski definition) is 4. The molecule has 19 heavy (non-hydrogen) atoms. The van der Waals surface area contributed by atoms with E-state index in [1.54, 1.807) is 13.8 Å². The fourth-order valence-corrected chi connectivity index (χ4v) is 1.06. The van der Waals surface area contributed by atoms with E-state index in [1.807, 2.05) is 0 Å². The number of carbonyl (C=O) groups is 4. The third-order valence-electron chi connectivity index (χ3n) is 2.30. The fraction of sp³-hybridized carbons (Fsp3) is 0.636. The van der Waals surface area contributed by atoms with E-state index in [0.717, 1.165) is 0 Å². The Morgan fingerprint density at radius 2 is 1.37 bits per heavy atom. The highest BCUT2D eigenvalue weighted by Crippen LogP contribution is 1.88. The van der Waals surface area contributed by atoms with Gasteiger partial charge in [-0.15, -0.1) is 0 Å². The molecule has 0 fully saturated rings. The number of nitrogens with two attached hydrogens (primary N) is 1. The van der Waals surface area contributed by atoms with E-state index < -0.39 is 35.8 Å². The van der Waals surface area contributed by atoms with Crippen LogP contribution in [0.2, 0.25) is 0 Å². The quantitative estimate of drug-likeness (QED) is 0.414. The molecule has 0 aromatic carbocycles. The van der Waals surface area contributed by atoms with Crippen molar-refractivity contribution in [3.63, 3.8) is 0 Å². The van der Waals surface area contributed by atoms with E-state index in [1.165, 1.54) is 6.92 Å². The van der Waals surface area contributed by atoms with Crippen molar-refractivity contribution in [2.75, 3.05) is 0 Å². The van der Waals surface area contributed by atoms with Crippen LogP contribution in [0.4, 0.5) is 0 Å². The zero-order valence-corrected chi connectivity index (χ0v) is 11.3. The van der Waals surface area contributed by atoms with E-state index in [2.05, 4.69) is 16.0 Å². The summed E-state index contributed by atoms with van der Waals surface area (Å²) in [6, 6.07) is -0.896. The Bertz CT molecular complexity index is 352. The number of hydrogen-bond donors (Lipinski definition) is 4. The summed E-state index contributed by atoms with van der Waals surface area (Å²) in [6.45, 7) is 4.62. The molecule has 0 saturated heterocycles. The van der Waals surface area contributed by atoms with Gasteiger partial charge in [-0.25, -0.2) is 0 Å². The van der Waals surface area contributed by atoms with E-state index in [9.17, 15) is 19.2 Å². The Kier molecular flexibility index (Phi) is 7.16. The third-order valence-corrected chi connectivity index (χ3v) is 2.30. The number of carbonyl (C=O) groups excluding carboxylic acids is 4. The second-order valence-corrected chi connectivity index (χ2v) is 3.91. The monoisotopic (exact) mass is 272 g/mol. The Morgan fingerprint density at radius 1 is 0.947 bits per heavy atom. The predicted octanol–water partition coefficient (Wildman–Crippen LogP) is -1.65. The molecule has 4 amide bonds. The van der Waals surface area contributed by atoms with Gasteiger partial charge in [0.25, 0.3) is 5.91 Å². The van der Waals surface area contributed by atoms with Gasteiger partial charge in [0.1, 0.15) is 6.04 Å². The lowest BCUT2D eigenvalue weighted by atomic mass is 10.3. The summed E-state index contributed by atoms with van der Waals surface area (Å²) in [4.78, 5) is 45.2. The number of rotatable bonds is 7. The molecule has 0 bridgehead atoms. The Balaban J connectivity index is 4.71. The first-order chi connectivity index (χ1) is 8.81. The summed E-state index contributed by atoms with van der Waals surface area (Å²) >= 11 is 0. The Morgan fingerprint density at radius 3 is 1.68 bits per heavy atom. The highest BCUT2D eigenvalue weighted by Gasteiger charge is 2.24. The predicted molar refractivity (Wildman–Crippen MR) is 67.5 cm³/mol. The average molecular weight is 272 g/mol. The Labute approximate surface area is 111 Å². The van der Waals surface area contributed by atoms with Gasteiger partial charge < -0.3 is 21.7 Å². The topological polar surface area (TPSA) is 130 Å². The van der Waals surface area contributed by atoms with Crippen LogP contribution in [-0.2, 0) is 19.2 Å². The highest BCUT2D eigenvalue weighted by molar-refractivity contribution is 5.93. The number of primary amides is 1. The molecule has 0 saturated carbocycles. The van der Waals surface area contributed by atoms with Crippen LogP contribution in [0.5, 0.6) is 0 Å². The molecule has 0 aliphatic rings. The summed E-state index contributed by atoms with van der Waals surface area (Å²) in [6.07, 6.45) is -0.893. The van der Waals surface area contributed by atoms with E-state index in [-0.39, 0.29) is 12.8 Å². The molecule has 0 aromatic heterocycles. The normalized spacial score (nSPS) is 11.6. The summed E-state index contributed by atoms with van der Waals surface area (Å²) in [5.74, 6) is -2.21. The van der Waals surface area contributed by atoms with Crippen LogP contribution in [0.1, 0.15) is 33.6 Å². The fourth-order valence-electron chi connectivity index (χ4n) is 1.06. The van der Waals surface area contributed by atoms with Crippen molar-refractivity contribution in [1.82, 2.24) is 16.0 Å². The van der Waals surface area contributed by atoms with Crippen LogP contribution in [-0.4, -0.2) is 35.8 Å². The molecule has 1 atom stereocenters. The zero-order chi connectivity index (χ0) is 15.0. The molecule has 0 rings (SSSR count). The van der Waals surface area contributed by atoms with Gasteiger partial charge in [-0.1, -0.05) is 13.8 Å². The molecule has 0 aliphatic heterocycles. The van der Waals surface area contributed by atoms with Crippen molar-refractivity contribution in [3.05, 3.63) is 0 Å². The highest BCUT2D eigenvalue weighted by atomic mass is 16.2. The van der Waals surface area contributed by atoms with Crippen molar-refractivity contribution < 1.29 is 19.2 Å². The summed E-state index contributed by atoms with van der Waals surface area (Å²) in [7, 11) is 0. The van der Waals surface area contributed by atoms with Crippen molar-refractivity contribution in [2.45, 2.75) is 45.8 Å². The van der Waals surface area contributed by atoms with Gasteiger partial charge in [0.15, 0.2) is 6.17 Å². The van der Waals surface area contributed by atoms with Gasteiger partial charge in [0, 0.05) is 12.8 Å². The van der Waals surface area contributed by atoms with Crippen LogP contribution < -0.4 is 21.7 Å². The first-order valence-electron chi connectivity index (χ1n) is 6.00. The van der Waals surface area contributed by atoms with Crippen molar-refractivity contribution in [1.29, 1.82) is 0 Å². The SMILES string of the molecule is CCC(=O)NC(NC(=O)CC)C(=O)N[C@@H](C)C(N)=O. The first kappa shape index (κ1) is 16.9. The molecule has 0 unspecified atom stereocenters. The average Bonchev–Trinajstić information content (AvgIpc) is 2.36. The minimum absolute atomic E-state index is 0.164. The number of nitrogens with one attached hydrogen (secondary N) is 3. The summed E-state index contributed by atoms with van der Waals surface area (Å²) < 4.78 is 0. The van der Waals surface area contributed by atoms with E-state index in [0.29, 0.717) is 0 Å². The van der Waals surface area contributed by atoms with Crippen molar-refractivity contribution >= 4 is 23.6 Å². The van der Waals surface area contributed by atoms with Crippen LogP contribution in [0.25, 0.3) is 0 Å².